The van der Waals surface area contributed by atoms with Crippen molar-refractivity contribution < 1.29 is 17.9 Å². The Labute approximate surface area is 95.0 Å². The van der Waals surface area contributed by atoms with Crippen molar-refractivity contribution in [2.75, 3.05) is 18.5 Å². The summed E-state index contributed by atoms with van der Waals surface area (Å²) in [5, 5.41) is 7.40. The van der Waals surface area contributed by atoms with Crippen LogP contribution in [0, 0.1) is 0 Å². The molecule has 0 aliphatic carbocycles. The van der Waals surface area contributed by atoms with E-state index in [9.17, 15) is 13.2 Å². The van der Waals surface area contributed by atoms with Gasteiger partial charge in [0.15, 0.2) is 0 Å². The van der Waals surface area contributed by atoms with Gasteiger partial charge in [-0.15, -0.1) is 5.10 Å². The average Bonchev–Trinajstić information content (AvgIpc) is 2.60. The topological polar surface area (TPSA) is 47.0 Å². The summed E-state index contributed by atoms with van der Waals surface area (Å²) in [6, 6.07) is 0. The molecule has 1 heterocycles. The smallest absolute Gasteiger partial charge is 0.374 e. The summed E-state index contributed by atoms with van der Waals surface area (Å²) >= 11 is 1.11. The zero-order valence-corrected chi connectivity index (χ0v) is 9.49. The first-order chi connectivity index (χ1) is 7.53. The number of anilines is 1. The highest BCUT2D eigenvalue weighted by molar-refractivity contribution is 7.10. The van der Waals surface area contributed by atoms with Crippen molar-refractivity contribution in [1.82, 2.24) is 9.59 Å². The molecular formula is C8H12F3N3OS. The van der Waals surface area contributed by atoms with Crippen LogP contribution < -0.4 is 5.32 Å². The van der Waals surface area contributed by atoms with E-state index in [1.807, 2.05) is 6.92 Å². The number of hydrogen-bond acceptors (Lipinski definition) is 5. The first-order valence-corrected chi connectivity index (χ1v) is 5.50. The lowest BCUT2D eigenvalue weighted by Crippen LogP contribution is -2.17. The lowest BCUT2D eigenvalue weighted by molar-refractivity contribution is -0.176. The third-order valence-corrected chi connectivity index (χ3v) is 2.32. The second-order valence-electron chi connectivity index (χ2n) is 3.08. The van der Waals surface area contributed by atoms with Crippen molar-refractivity contribution >= 4 is 16.5 Å². The van der Waals surface area contributed by atoms with E-state index >= 15 is 0 Å². The number of aromatic nitrogens is 2. The van der Waals surface area contributed by atoms with Gasteiger partial charge in [-0.25, -0.2) is 0 Å². The largest absolute Gasteiger partial charge is 0.411 e. The van der Waals surface area contributed by atoms with Crippen LogP contribution in [-0.4, -0.2) is 28.9 Å². The standard InChI is InChI=1S/C8H12F3N3OS/c1-2-3-12-7-6(13-14-16-7)4-15-5-8(9,10)11/h12H,2-5H2,1H3. The van der Waals surface area contributed by atoms with E-state index in [-0.39, 0.29) is 6.61 Å². The molecule has 0 aliphatic rings. The molecule has 4 nitrogen and oxygen atoms in total. The number of nitrogens with zero attached hydrogens (tertiary/aromatic N) is 2. The minimum absolute atomic E-state index is 0.179. The molecule has 0 atom stereocenters. The van der Waals surface area contributed by atoms with E-state index in [0.717, 1.165) is 24.5 Å². The molecule has 0 radical (unpaired) electrons. The molecule has 0 bridgehead atoms. The molecule has 0 unspecified atom stereocenters. The second kappa shape index (κ2) is 6.00. The lowest BCUT2D eigenvalue weighted by atomic mass is 10.4. The molecule has 0 fully saturated rings. The Morgan fingerprint density at radius 1 is 1.44 bits per heavy atom. The highest BCUT2D eigenvalue weighted by Gasteiger charge is 2.27. The molecule has 0 aliphatic heterocycles. The molecule has 0 aromatic carbocycles. The Kier molecular flexibility index (Phi) is 4.94. The van der Waals surface area contributed by atoms with Crippen molar-refractivity contribution in [2.45, 2.75) is 26.1 Å². The summed E-state index contributed by atoms with van der Waals surface area (Å²) in [5.74, 6) is 0. The number of halogens is 3. The number of nitrogens with one attached hydrogen (secondary N) is 1. The maximum absolute atomic E-state index is 11.8. The van der Waals surface area contributed by atoms with E-state index in [1.54, 1.807) is 0 Å². The molecule has 92 valence electrons. The van der Waals surface area contributed by atoms with Crippen LogP contribution >= 0.6 is 11.5 Å². The van der Waals surface area contributed by atoms with Crippen LogP contribution in [0.3, 0.4) is 0 Å². The highest BCUT2D eigenvalue weighted by Crippen LogP contribution is 2.20. The molecule has 1 aromatic rings. The fourth-order valence-electron chi connectivity index (χ4n) is 0.939. The fraction of sp³-hybridized carbons (Fsp3) is 0.750. The third-order valence-electron chi connectivity index (χ3n) is 1.60. The van der Waals surface area contributed by atoms with E-state index < -0.39 is 12.8 Å². The molecule has 1 rings (SSSR count). The highest BCUT2D eigenvalue weighted by atomic mass is 32.1. The predicted octanol–water partition coefficient (Wildman–Crippen LogP) is 2.44. The molecular weight excluding hydrogens is 243 g/mol. The van der Waals surface area contributed by atoms with Gasteiger partial charge < -0.3 is 10.1 Å². The van der Waals surface area contributed by atoms with Gasteiger partial charge in [0.25, 0.3) is 0 Å². The number of alkyl halides is 3. The molecule has 16 heavy (non-hydrogen) atoms. The first kappa shape index (κ1) is 13.2. The maximum atomic E-state index is 11.8. The van der Waals surface area contributed by atoms with Crippen molar-refractivity contribution in [3.05, 3.63) is 5.69 Å². The van der Waals surface area contributed by atoms with Gasteiger partial charge in [0.05, 0.1) is 6.61 Å². The Balaban J connectivity index is 2.38. The first-order valence-electron chi connectivity index (χ1n) is 4.72. The second-order valence-corrected chi connectivity index (χ2v) is 3.84. The SMILES string of the molecule is CCCNc1snnc1COCC(F)(F)F. The quantitative estimate of drug-likeness (QED) is 0.848. The van der Waals surface area contributed by atoms with Gasteiger partial charge in [0.2, 0.25) is 0 Å². The number of hydrogen-bond donors (Lipinski definition) is 1. The molecule has 1 N–H and O–H groups in total. The normalized spacial score (nSPS) is 11.8. The zero-order chi connectivity index (χ0) is 12.0. The van der Waals surface area contributed by atoms with Crippen molar-refractivity contribution in [2.24, 2.45) is 0 Å². The third kappa shape index (κ3) is 4.75. The van der Waals surface area contributed by atoms with E-state index in [2.05, 4.69) is 19.6 Å². The molecule has 8 heteroatoms. The van der Waals surface area contributed by atoms with Gasteiger partial charge in [-0.05, 0) is 6.42 Å². The number of ether oxygens (including phenoxy) is 1. The maximum Gasteiger partial charge on any atom is 0.411 e. The van der Waals surface area contributed by atoms with Crippen LogP contribution in [0.2, 0.25) is 0 Å². The minimum Gasteiger partial charge on any atom is -0.374 e. The summed E-state index contributed by atoms with van der Waals surface area (Å²) in [7, 11) is 0. The minimum atomic E-state index is -4.31. The van der Waals surface area contributed by atoms with Crippen LogP contribution in [0.15, 0.2) is 0 Å². The van der Waals surface area contributed by atoms with Gasteiger partial charge in [0, 0.05) is 18.1 Å². The summed E-state index contributed by atoms with van der Waals surface area (Å²) < 4.78 is 43.6. The average molecular weight is 255 g/mol. The molecule has 0 saturated heterocycles. The Morgan fingerprint density at radius 3 is 2.81 bits per heavy atom. The molecule has 0 saturated carbocycles. The van der Waals surface area contributed by atoms with Crippen LogP contribution in [-0.2, 0) is 11.3 Å². The summed E-state index contributed by atoms with van der Waals surface area (Å²) in [5.41, 5.74) is 0.419. The van der Waals surface area contributed by atoms with Gasteiger partial charge in [-0.1, -0.05) is 11.4 Å². The van der Waals surface area contributed by atoms with Crippen molar-refractivity contribution in [3.8, 4) is 0 Å². The van der Waals surface area contributed by atoms with Crippen LogP contribution in [0.4, 0.5) is 18.2 Å². The predicted molar refractivity (Wildman–Crippen MR) is 54.4 cm³/mol. The van der Waals surface area contributed by atoms with Gasteiger partial charge in [-0.2, -0.15) is 13.2 Å². The van der Waals surface area contributed by atoms with E-state index in [4.69, 9.17) is 0 Å². The van der Waals surface area contributed by atoms with Gasteiger partial charge in [0.1, 0.15) is 17.3 Å². The Hall–Kier alpha value is -0.890. The summed E-state index contributed by atoms with van der Waals surface area (Å²) in [6.45, 7) is 1.28. The summed E-state index contributed by atoms with van der Waals surface area (Å²) in [4.78, 5) is 0. The lowest BCUT2D eigenvalue weighted by Gasteiger charge is -2.07. The van der Waals surface area contributed by atoms with Crippen LogP contribution in [0.1, 0.15) is 19.0 Å². The number of rotatable bonds is 6. The monoisotopic (exact) mass is 255 g/mol. The Bertz CT molecular complexity index is 316. The molecule has 0 spiro atoms. The van der Waals surface area contributed by atoms with E-state index in [0.29, 0.717) is 10.7 Å². The molecule has 0 amide bonds. The molecule has 1 aromatic heterocycles. The van der Waals surface area contributed by atoms with Gasteiger partial charge in [-0.3, -0.25) is 0 Å². The van der Waals surface area contributed by atoms with Crippen LogP contribution in [0.25, 0.3) is 0 Å². The van der Waals surface area contributed by atoms with Crippen LogP contribution in [0.5, 0.6) is 0 Å². The fourth-order valence-corrected chi connectivity index (χ4v) is 1.53. The van der Waals surface area contributed by atoms with Crippen molar-refractivity contribution in [1.29, 1.82) is 0 Å². The Morgan fingerprint density at radius 2 is 2.19 bits per heavy atom. The van der Waals surface area contributed by atoms with E-state index in [1.165, 1.54) is 0 Å². The zero-order valence-electron chi connectivity index (χ0n) is 8.67. The van der Waals surface area contributed by atoms with Crippen molar-refractivity contribution in [3.63, 3.8) is 0 Å². The van der Waals surface area contributed by atoms with Gasteiger partial charge >= 0.3 is 6.18 Å². The summed E-state index contributed by atoms with van der Waals surface area (Å²) in [6.07, 6.45) is -3.39.